The number of carbonyl (C=O) groups excluding carboxylic acids is 1. The summed E-state index contributed by atoms with van der Waals surface area (Å²) in [6.45, 7) is 1.68. The number of rotatable bonds is 0. The van der Waals surface area contributed by atoms with Crippen LogP contribution in [-0.4, -0.2) is 5.78 Å². The van der Waals surface area contributed by atoms with E-state index in [2.05, 4.69) is 0 Å². The van der Waals surface area contributed by atoms with Crippen LogP contribution < -0.4 is 0 Å². The van der Waals surface area contributed by atoms with Crippen LogP contribution in [0.25, 0.3) is 0 Å². The Morgan fingerprint density at radius 3 is 2.85 bits per heavy atom. The molecule has 0 aromatic heterocycles. The topological polar surface area (TPSA) is 17.1 Å². The highest BCUT2D eigenvalue weighted by Gasteiger charge is 2.20. The second kappa shape index (κ2) is 2.95. The van der Waals surface area contributed by atoms with Gasteiger partial charge >= 0.3 is 0 Å². The Balaban J connectivity index is 2.65. The number of halogens is 1. The van der Waals surface area contributed by atoms with Gasteiger partial charge in [0.1, 0.15) is 5.82 Å². The number of hydrogen-bond donors (Lipinski definition) is 0. The van der Waals surface area contributed by atoms with E-state index in [-0.39, 0.29) is 11.6 Å². The van der Waals surface area contributed by atoms with Gasteiger partial charge in [-0.25, -0.2) is 4.39 Å². The largest absolute Gasteiger partial charge is 0.294 e. The highest BCUT2D eigenvalue weighted by atomic mass is 19.1. The van der Waals surface area contributed by atoms with E-state index in [0.29, 0.717) is 17.5 Å². The van der Waals surface area contributed by atoms with E-state index in [4.69, 9.17) is 0 Å². The van der Waals surface area contributed by atoms with Crippen molar-refractivity contribution in [2.75, 3.05) is 0 Å². The van der Waals surface area contributed by atoms with Gasteiger partial charge in [0.05, 0.1) is 0 Å². The first kappa shape index (κ1) is 8.42. The lowest BCUT2D eigenvalue weighted by Crippen LogP contribution is -2.13. The van der Waals surface area contributed by atoms with Gasteiger partial charge in [0.2, 0.25) is 0 Å². The standard InChI is InChI=1S/C11H11FO/c1-7-9(12)6-5-8-3-2-4-10(13)11(7)8/h5-6H,2-4H2,1H3. The molecule has 0 unspecified atom stereocenters. The first-order chi connectivity index (χ1) is 6.20. The molecule has 0 saturated heterocycles. The molecule has 0 aliphatic heterocycles. The first-order valence-electron chi connectivity index (χ1n) is 4.51. The number of carbonyl (C=O) groups is 1. The average Bonchev–Trinajstić information content (AvgIpc) is 2.12. The van der Waals surface area contributed by atoms with Crippen LogP contribution in [0.4, 0.5) is 4.39 Å². The van der Waals surface area contributed by atoms with Crippen molar-refractivity contribution in [2.45, 2.75) is 26.2 Å². The van der Waals surface area contributed by atoms with E-state index in [1.165, 1.54) is 6.07 Å². The average molecular weight is 178 g/mol. The zero-order chi connectivity index (χ0) is 9.42. The Kier molecular flexibility index (Phi) is 1.91. The van der Waals surface area contributed by atoms with Crippen molar-refractivity contribution in [1.82, 2.24) is 0 Å². The third-order valence-electron chi connectivity index (χ3n) is 2.61. The summed E-state index contributed by atoms with van der Waals surface area (Å²) in [5.74, 6) is -0.174. The summed E-state index contributed by atoms with van der Waals surface area (Å²) in [4.78, 5) is 11.5. The van der Waals surface area contributed by atoms with E-state index in [1.54, 1.807) is 13.0 Å². The lowest BCUT2D eigenvalue weighted by molar-refractivity contribution is 0.0971. The molecule has 0 amide bonds. The Bertz CT molecular complexity index is 369. The molecule has 1 aliphatic rings. The molecular weight excluding hydrogens is 167 g/mol. The predicted octanol–water partition coefficient (Wildman–Crippen LogP) is 2.65. The second-order valence-electron chi connectivity index (χ2n) is 3.48. The summed E-state index contributed by atoms with van der Waals surface area (Å²) >= 11 is 0. The smallest absolute Gasteiger partial charge is 0.163 e. The van der Waals surface area contributed by atoms with Gasteiger partial charge in [0.15, 0.2) is 5.78 Å². The van der Waals surface area contributed by atoms with E-state index >= 15 is 0 Å². The molecule has 0 radical (unpaired) electrons. The SMILES string of the molecule is Cc1c(F)ccc2c1C(=O)CCC2. The van der Waals surface area contributed by atoms with Crippen LogP contribution in [0.2, 0.25) is 0 Å². The summed E-state index contributed by atoms with van der Waals surface area (Å²) in [7, 11) is 0. The molecule has 0 N–H and O–H groups in total. The minimum absolute atomic E-state index is 0.0956. The summed E-state index contributed by atoms with van der Waals surface area (Å²) in [5.41, 5.74) is 2.16. The Morgan fingerprint density at radius 1 is 1.31 bits per heavy atom. The monoisotopic (exact) mass is 178 g/mol. The van der Waals surface area contributed by atoms with Crippen LogP contribution in [0.15, 0.2) is 12.1 Å². The summed E-state index contributed by atoms with van der Waals surface area (Å²) in [6, 6.07) is 3.18. The predicted molar refractivity (Wildman–Crippen MR) is 48.4 cm³/mol. The Hall–Kier alpha value is -1.18. The molecule has 0 bridgehead atoms. The van der Waals surface area contributed by atoms with Gasteiger partial charge in [-0.1, -0.05) is 6.07 Å². The molecule has 0 atom stereocenters. The third-order valence-corrected chi connectivity index (χ3v) is 2.61. The van der Waals surface area contributed by atoms with Crippen molar-refractivity contribution in [3.8, 4) is 0 Å². The normalized spacial score (nSPS) is 15.7. The van der Waals surface area contributed by atoms with Crippen LogP contribution in [0.3, 0.4) is 0 Å². The third kappa shape index (κ3) is 1.26. The van der Waals surface area contributed by atoms with Crippen LogP contribution >= 0.6 is 0 Å². The second-order valence-corrected chi connectivity index (χ2v) is 3.48. The van der Waals surface area contributed by atoms with Crippen molar-refractivity contribution in [1.29, 1.82) is 0 Å². The van der Waals surface area contributed by atoms with Gasteiger partial charge < -0.3 is 0 Å². The maximum Gasteiger partial charge on any atom is 0.163 e. The zero-order valence-electron chi connectivity index (χ0n) is 7.56. The van der Waals surface area contributed by atoms with Gasteiger partial charge in [-0.15, -0.1) is 0 Å². The minimum atomic E-state index is -0.269. The number of hydrogen-bond acceptors (Lipinski definition) is 1. The van der Waals surface area contributed by atoms with Crippen LogP contribution in [0.5, 0.6) is 0 Å². The molecule has 0 spiro atoms. The fraction of sp³-hybridized carbons (Fsp3) is 0.364. The molecule has 1 nitrogen and oxygen atoms in total. The van der Waals surface area contributed by atoms with Crippen molar-refractivity contribution in [3.05, 3.63) is 34.6 Å². The molecule has 0 fully saturated rings. The molecule has 1 aromatic rings. The van der Waals surface area contributed by atoms with Gasteiger partial charge in [0, 0.05) is 12.0 Å². The van der Waals surface area contributed by atoms with Crippen LogP contribution in [-0.2, 0) is 6.42 Å². The molecule has 13 heavy (non-hydrogen) atoms. The summed E-state index contributed by atoms with van der Waals surface area (Å²) in [6.07, 6.45) is 2.37. The van der Waals surface area contributed by atoms with Gasteiger partial charge in [-0.05, 0) is 37.0 Å². The number of ketones is 1. The maximum atomic E-state index is 13.1. The van der Waals surface area contributed by atoms with Crippen molar-refractivity contribution >= 4 is 5.78 Å². The van der Waals surface area contributed by atoms with E-state index in [9.17, 15) is 9.18 Å². The number of aryl methyl sites for hydroxylation is 1. The summed E-state index contributed by atoms with van der Waals surface area (Å²) in [5, 5.41) is 0. The molecule has 2 rings (SSSR count). The quantitative estimate of drug-likeness (QED) is 0.597. The highest BCUT2D eigenvalue weighted by molar-refractivity contribution is 5.99. The molecule has 1 aromatic carbocycles. The van der Waals surface area contributed by atoms with Gasteiger partial charge in [-0.2, -0.15) is 0 Å². The molecule has 1 aliphatic carbocycles. The van der Waals surface area contributed by atoms with Crippen LogP contribution in [0.1, 0.15) is 34.3 Å². The van der Waals surface area contributed by atoms with E-state index in [1.807, 2.05) is 0 Å². The molecular formula is C11H11FO. The first-order valence-corrected chi connectivity index (χ1v) is 4.51. The molecule has 2 heteroatoms. The number of fused-ring (bicyclic) bond motifs is 1. The lowest BCUT2D eigenvalue weighted by atomic mass is 9.87. The number of Topliss-reactive ketones (excluding diaryl/α,β-unsaturated/α-hetero) is 1. The fourth-order valence-corrected chi connectivity index (χ4v) is 1.90. The number of benzene rings is 1. The molecule has 0 heterocycles. The lowest BCUT2D eigenvalue weighted by Gasteiger charge is -2.16. The maximum absolute atomic E-state index is 13.1. The van der Waals surface area contributed by atoms with Crippen molar-refractivity contribution in [2.24, 2.45) is 0 Å². The van der Waals surface area contributed by atoms with Gasteiger partial charge in [-0.3, -0.25) is 4.79 Å². The van der Waals surface area contributed by atoms with Crippen molar-refractivity contribution < 1.29 is 9.18 Å². The zero-order valence-corrected chi connectivity index (χ0v) is 7.56. The highest BCUT2D eigenvalue weighted by Crippen LogP contribution is 2.25. The summed E-state index contributed by atoms with van der Waals surface area (Å²) < 4.78 is 13.1. The Morgan fingerprint density at radius 2 is 2.08 bits per heavy atom. The van der Waals surface area contributed by atoms with E-state index < -0.39 is 0 Å². The van der Waals surface area contributed by atoms with Crippen molar-refractivity contribution in [3.63, 3.8) is 0 Å². The molecule has 0 saturated carbocycles. The molecule has 68 valence electrons. The Labute approximate surface area is 76.6 Å². The van der Waals surface area contributed by atoms with E-state index in [0.717, 1.165) is 18.4 Å². The van der Waals surface area contributed by atoms with Gasteiger partial charge in [0.25, 0.3) is 0 Å². The fourth-order valence-electron chi connectivity index (χ4n) is 1.90. The minimum Gasteiger partial charge on any atom is -0.294 e. The van der Waals surface area contributed by atoms with Crippen LogP contribution in [0, 0.1) is 12.7 Å².